The smallest absolute Gasteiger partial charge is 0.320 e. The van der Waals surface area contributed by atoms with Gasteiger partial charge >= 0.3 is 5.97 Å². The van der Waals surface area contributed by atoms with E-state index < -0.39 is 22.0 Å². The molecule has 19 heavy (non-hydrogen) atoms. The molecule has 1 saturated heterocycles. The number of aromatic amines is 1. The number of nitrogens with zero attached hydrogens (tertiary/aromatic N) is 3. The van der Waals surface area contributed by atoms with Gasteiger partial charge in [-0.1, -0.05) is 0 Å². The first-order chi connectivity index (χ1) is 8.93. The number of carboxylic acid groups (broad SMARTS) is 1. The molecule has 0 amide bonds. The fourth-order valence-electron chi connectivity index (χ4n) is 2.01. The molecule has 1 aromatic rings. The predicted octanol–water partition coefficient (Wildman–Crippen LogP) is -0.811. The number of aliphatic carboxylic acids is 1. The first-order valence-corrected chi connectivity index (χ1v) is 7.33. The number of hydrogen-bond donors (Lipinski definition) is 2. The quantitative estimate of drug-likeness (QED) is 0.750. The molecule has 1 aliphatic rings. The molecule has 2 rings (SSSR count). The molecule has 1 unspecified atom stereocenters. The van der Waals surface area contributed by atoms with Crippen LogP contribution in [0.5, 0.6) is 0 Å². The molecule has 0 aliphatic carbocycles. The minimum absolute atomic E-state index is 0.0623. The molecule has 2 heterocycles. The third-order valence-corrected chi connectivity index (χ3v) is 5.10. The Hall–Kier alpha value is -1.45. The lowest BCUT2D eigenvalue weighted by Gasteiger charge is -2.35. The van der Waals surface area contributed by atoms with Crippen LogP contribution in [-0.2, 0) is 14.8 Å². The van der Waals surface area contributed by atoms with Gasteiger partial charge in [0.05, 0.1) is 6.20 Å². The molecule has 106 valence electrons. The zero-order chi connectivity index (χ0) is 14.0. The Labute approximate surface area is 111 Å². The number of hydrogen-bond acceptors (Lipinski definition) is 5. The van der Waals surface area contributed by atoms with E-state index in [1.807, 2.05) is 0 Å². The molecule has 9 heteroatoms. The Balaban J connectivity index is 2.03. The van der Waals surface area contributed by atoms with E-state index in [0.29, 0.717) is 13.1 Å². The summed E-state index contributed by atoms with van der Waals surface area (Å²) >= 11 is 0. The van der Waals surface area contributed by atoms with Crippen LogP contribution in [0.15, 0.2) is 17.3 Å². The van der Waals surface area contributed by atoms with Crippen molar-refractivity contribution in [3.8, 4) is 0 Å². The van der Waals surface area contributed by atoms with Crippen LogP contribution < -0.4 is 0 Å². The largest absolute Gasteiger partial charge is 0.480 e. The molecule has 1 fully saturated rings. The van der Waals surface area contributed by atoms with E-state index in [0.717, 1.165) is 0 Å². The normalized spacial score (nSPS) is 20.3. The zero-order valence-electron chi connectivity index (χ0n) is 10.5. The van der Waals surface area contributed by atoms with Crippen molar-refractivity contribution in [2.45, 2.75) is 18.0 Å². The second kappa shape index (κ2) is 5.27. The number of piperazine rings is 1. The van der Waals surface area contributed by atoms with Gasteiger partial charge in [0.1, 0.15) is 6.04 Å². The molecule has 0 radical (unpaired) electrons. The Kier molecular flexibility index (Phi) is 3.88. The van der Waals surface area contributed by atoms with Crippen molar-refractivity contribution in [1.82, 2.24) is 19.4 Å². The Morgan fingerprint density at radius 3 is 2.53 bits per heavy atom. The molecule has 2 N–H and O–H groups in total. The highest BCUT2D eigenvalue weighted by Crippen LogP contribution is 2.16. The number of carboxylic acids is 1. The van der Waals surface area contributed by atoms with Gasteiger partial charge in [-0.25, -0.2) is 8.42 Å². The molecule has 0 aromatic carbocycles. The van der Waals surface area contributed by atoms with Crippen molar-refractivity contribution in [2.24, 2.45) is 0 Å². The van der Waals surface area contributed by atoms with E-state index in [9.17, 15) is 13.2 Å². The summed E-state index contributed by atoms with van der Waals surface area (Å²) in [6.07, 6.45) is 1.38. The standard InChI is InChI=1S/C10H16N4O4S/c1-8(10(15)16)13-4-6-14(7-5-13)19(17,18)9-2-3-11-12-9/h2-3,8H,4-7H2,1H3,(H,11,12)(H,15,16). The molecule has 1 aliphatic heterocycles. The van der Waals surface area contributed by atoms with Crippen LogP contribution in [0.4, 0.5) is 0 Å². The minimum atomic E-state index is -3.55. The summed E-state index contributed by atoms with van der Waals surface area (Å²) in [4.78, 5) is 12.6. The molecule has 0 spiro atoms. The average Bonchev–Trinajstić information content (AvgIpc) is 2.92. The van der Waals surface area contributed by atoms with Crippen LogP contribution in [0.3, 0.4) is 0 Å². The van der Waals surface area contributed by atoms with E-state index in [1.54, 1.807) is 11.8 Å². The third-order valence-electron chi connectivity index (χ3n) is 3.27. The summed E-state index contributed by atoms with van der Waals surface area (Å²) < 4.78 is 25.7. The van der Waals surface area contributed by atoms with Gasteiger partial charge in [-0.2, -0.15) is 9.40 Å². The molecule has 0 bridgehead atoms. The lowest BCUT2D eigenvalue weighted by Crippen LogP contribution is -2.53. The van der Waals surface area contributed by atoms with Gasteiger partial charge in [-0.05, 0) is 13.0 Å². The Morgan fingerprint density at radius 2 is 2.05 bits per heavy atom. The van der Waals surface area contributed by atoms with Crippen molar-refractivity contribution >= 4 is 16.0 Å². The molecule has 8 nitrogen and oxygen atoms in total. The monoisotopic (exact) mass is 288 g/mol. The topological polar surface area (TPSA) is 107 Å². The maximum absolute atomic E-state index is 12.2. The van der Waals surface area contributed by atoms with Gasteiger partial charge in [0, 0.05) is 26.2 Å². The SMILES string of the molecule is CC(C(=O)O)N1CCN(S(=O)(=O)c2ccn[nH]2)CC1. The van der Waals surface area contributed by atoms with Crippen LogP contribution in [0, 0.1) is 0 Å². The van der Waals surface area contributed by atoms with Crippen LogP contribution in [0.2, 0.25) is 0 Å². The van der Waals surface area contributed by atoms with E-state index in [1.165, 1.54) is 16.6 Å². The minimum Gasteiger partial charge on any atom is -0.480 e. The average molecular weight is 288 g/mol. The second-order valence-electron chi connectivity index (χ2n) is 4.38. The maximum atomic E-state index is 12.2. The summed E-state index contributed by atoms with van der Waals surface area (Å²) in [5.41, 5.74) is 0. The summed E-state index contributed by atoms with van der Waals surface area (Å²) in [6.45, 7) is 2.96. The van der Waals surface area contributed by atoms with Crippen molar-refractivity contribution in [2.75, 3.05) is 26.2 Å². The third kappa shape index (κ3) is 2.77. The van der Waals surface area contributed by atoms with E-state index >= 15 is 0 Å². The zero-order valence-corrected chi connectivity index (χ0v) is 11.3. The van der Waals surface area contributed by atoms with Gasteiger partial charge in [-0.15, -0.1) is 0 Å². The number of nitrogens with one attached hydrogen (secondary N) is 1. The van der Waals surface area contributed by atoms with Gasteiger partial charge in [0.15, 0.2) is 5.03 Å². The van der Waals surface area contributed by atoms with Crippen molar-refractivity contribution in [1.29, 1.82) is 0 Å². The van der Waals surface area contributed by atoms with E-state index in [-0.39, 0.29) is 18.1 Å². The van der Waals surface area contributed by atoms with Gasteiger partial charge in [0.2, 0.25) is 0 Å². The molecular formula is C10H16N4O4S. The highest BCUT2D eigenvalue weighted by molar-refractivity contribution is 7.89. The van der Waals surface area contributed by atoms with Crippen molar-refractivity contribution in [3.05, 3.63) is 12.3 Å². The van der Waals surface area contributed by atoms with Gasteiger partial charge in [-0.3, -0.25) is 14.8 Å². The molecular weight excluding hydrogens is 272 g/mol. The first kappa shape index (κ1) is 14.0. The lowest BCUT2D eigenvalue weighted by molar-refractivity contribution is -0.143. The van der Waals surface area contributed by atoms with E-state index in [2.05, 4.69) is 10.2 Å². The van der Waals surface area contributed by atoms with Crippen LogP contribution in [0.1, 0.15) is 6.92 Å². The number of rotatable bonds is 4. The van der Waals surface area contributed by atoms with Crippen LogP contribution >= 0.6 is 0 Å². The van der Waals surface area contributed by atoms with Crippen molar-refractivity contribution in [3.63, 3.8) is 0 Å². The molecule has 0 saturated carbocycles. The van der Waals surface area contributed by atoms with Gasteiger partial charge in [0.25, 0.3) is 10.0 Å². The summed E-state index contributed by atoms with van der Waals surface area (Å²) in [5.74, 6) is -0.898. The fraction of sp³-hybridized carbons (Fsp3) is 0.600. The number of carbonyl (C=O) groups is 1. The highest BCUT2D eigenvalue weighted by atomic mass is 32.2. The molecule has 1 atom stereocenters. The number of aromatic nitrogens is 2. The first-order valence-electron chi connectivity index (χ1n) is 5.89. The summed E-state index contributed by atoms with van der Waals surface area (Å²) in [7, 11) is -3.55. The summed E-state index contributed by atoms with van der Waals surface area (Å²) in [6, 6.07) is 0.804. The Bertz CT molecular complexity index is 534. The number of H-pyrrole nitrogens is 1. The van der Waals surface area contributed by atoms with Crippen LogP contribution in [0.25, 0.3) is 0 Å². The second-order valence-corrected chi connectivity index (χ2v) is 6.28. The van der Waals surface area contributed by atoms with Crippen LogP contribution in [-0.4, -0.2) is 71.1 Å². The number of sulfonamides is 1. The van der Waals surface area contributed by atoms with Crippen molar-refractivity contribution < 1.29 is 18.3 Å². The Morgan fingerprint density at radius 1 is 1.42 bits per heavy atom. The fourth-order valence-corrected chi connectivity index (χ4v) is 3.34. The molecule has 1 aromatic heterocycles. The van der Waals surface area contributed by atoms with Gasteiger partial charge < -0.3 is 5.11 Å². The summed E-state index contributed by atoms with van der Waals surface area (Å²) in [5, 5.41) is 15.1. The predicted molar refractivity (Wildman–Crippen MR) is 66.0 cm³/mol. The van der Waals surface area contributed by atoms with E-state index in [4.69, 9.17) is 5.11 Å². The maximum Gasteiger partial charge on any atom is 0.320 e. The lowest BCUT2D eigenvalue weighted by atomic mass is 10.2. The highest BCUT2D eigenvalue weighted by Gasteiger charge is 2.32.